The topological polar surface area (TPSA) is 48.4 Å². The molecule has 0 aliphatic heterocycles. The van der Waals surface area contributed by atoms with Gasteiger partial charge in [0.1, 0.15) is 18.1 Å². The third kappa shape index (κ3) is 5.28. The SMILES string of the molecule is COc1ccc(/C=C/C(=O)c2cccnc2)cc1COc1cccc(Br)c1. The molecule has 0 unspecified atom stereocenters. The number of benzene rings is 2. The first-order valence-electron chi connectivity index (χ1n) is 8.33. The summed E-state index contributed by atoms with van der Waals surface area (Å²) in [4.78, 5) is 16.2. The lowest BCUT2D eigenvalue weighted by atomic mass is 10.1. The first-order chi connectivity index (χ1) is 13.2. The summed E-state index contributed by atoms with van der Waals surface area (Å²) in [6.07, 6.45) is 6.51. The van der Waals surface area contributed by atoms with E-state index in [9.17, 15) is 4.79 Å². The predicted octanol–water partition coefficient (Wildman–Crippen LogP) is 5.33. The maximum absolute atomic E-state index is 12.2. The van der Waals surface area contributed by atoms with Crippen LogP contribution in [0.5, 0.6) is 11.5 Å². The van der Waals surface area contributed by atoms with Gasteiger partial charge in [0.2, 0.25) is 0 Å². The number of rotatable bonds is 7. The fourth-order valence-electron chi connectivity index (χ4n) is 2.51. The predicted molar refractivity (Wildman–Crippen MR) is 109 cm³/mol. The van der Waals surface area contributed by atoms with E-state index in [0.717, 1.165) is 27.1 Å². The number of methoxy groups -OCH3 is 1. The molecule has 0 saturated heterocycles. The van der Waals surface area contributed by atoms with Crippen LogP contribution in [0.3, 0.4) is 0 Å². The van der Waals surface area contributed by atoms with Crippen LogP contribution in [0.2, 0.25) is 0 Å². The Balaban J connectivity index is 1.74. The molecule has 27 heavy (non-hydrogen) atoms. The number of pyridine rings is 1. The lowest BCUT2D eigenvalue weighted by Gasteiger charge is -2.11. The number of carbonyl (C=O) groups is 1. The van der Waals surface area contributed by atoms with Gasteiger partial charge in [-0.25, -0.2) is 0 Å². The van der Waals surface area contributed by atoms with Crippen LogP contribution in [0.4, 0.5) is 0 Å². The molecule has 0 spiro atoms. The van der Waals surface area contributed by atoms with Crippen LogP contribution < -0.4 is 9.47 Å². The number of halogens is 1. The van der Waals surface area contributed by atoms with Crippen LogP contribution in [0.25, 0.3) is 6.08 Å². The Labute approximate surface area is 166 Å². The lowest BCUT2D eigenvalue weighted by molar-refractivity contribution is 0.104. The van der Waals surface area contributed by atoms with E-state index >= 15 is 0 Å². The van der Waals surface area contributed by atoms with Gasteiger partial charge in [-0.2, -0.15) is 0 Å². The molecule has 136 valence electrons. The van der Waals surface area contributed by atoms with Gasteiger partial charge in [0.05, 0.1) is 7.11 Å². The van der Waals surface area contributed by atoms with Crippen molar-refractivity contribution in [3.63, 3.8) is 0 Å². The molecule has 0 atom stereocenters. The summed E-state index contributed by atoms with van der Waals surface area (Å²) in [5.74, 6) is 1.41. The van der Waals surface area contributed by atoms with Crippen molar-refractivity contribution in [1.29, 1.82) is 0 Å². The van der Waals surface area contributed by atoms with Crippen LogP contribution in [-0.2, 0) is 6.61 Å². The molecule has 0 amide bonds. The fraction of sp³-hybridized carbons (Fsp3) is 0.0909. The fourth-order valence-corrected chi connectivity index (χ4v) is 2.89. The molecule has 0 aliphatic carbocycles. The van der Waals surface area contributed by atoms with E-state index in [1.54, 1.807) is 37.7 Å². The maximum atomic E-state index is 12.2. The highest BCUT2D eigenvalue weighted by Gasteiger charge is 2.06. The Bertz CT molecular complexity index is 955. The van der Waals surface area contributed by atoms with E-state index in [4.69, 9.17) is 9.47 Å². The van der Waals surface area contributed by atoms with Gasteiger partial charge in [-0.1, -0.05) is 34.1 Å². The van der Waals surface area contributed by atoms with Crippen molar-refractivity contribution in [3.05, 3.63) is 94.2 Å². The minimum absolute atomic E-state index is 0.0918. The van der Waals surface area contributed by atoms with Gasteiger partial charge in [0.25, 0.3) is 0 Å². The van der Waals surface area contributed by atoms with Crippen molar-refractivity contribution in [3.8, 4) is 11.5 Å². The van der Waals surface area contributed by atoms with E-state index in [-0.39, 0.29) is 5.78 Å². The van der Waals surface area contributed by atoms with E-state index in [1.165, 1.54) is 6.08 Å². The first-order valence-corrected chi connectivity index (χ1v) is 9.13. The zero-order valence-electron chi connectivity index (χ0n) is 14.8. The number of ketones is 1. The minimum Gasteiger partial charge on any atom is -0.496 e. The normalized spacial score (nSPS) is 10.7. The minimum atomic E-state index is -0.0918. The third-order valence-corrected chi connectivity index (χ3v) is 4.36. The number of hydrogen-bond acceptors (Lipinski definition) is 4. The van der Waals surface area contributed by atoms with Gasteiger partial charge in [-0.15, -0.1) is 0 Å². The summed E-state index contributed by atoms with van der Waals surface area (Å²) < 4.78 is 12.2. The largest absolute Gasteiger partial charge is 0.496 e. The molecule has 1 aromatic heterocycles. The monoisotopic (exact) mass is 423 g/mol. The molecule has 0 radical (unpaired) electrons. The van der Waals surface area contributed by atoms with Gasteiger partial charge in [-0.3, -0.25) is 9.78 Å². The smallest absolute Gasteiger partial charge is 0.187 e. The zero-order valence-corrected chi connectivity index (χ0v) is 16.3. The summed E-state index contributed by atoms with van der Waals surface area (Å²) in [5.41, 5.74) is 2.34. The van der Waals surface area contributed by atoms with Gasteiger partial charge in [-0.05, 0) is 54.1 Å². The average Bonchev–Trinajstić information content (AvgIpc) is 2.71. The molecule has 5 heteroatoms. The zero-order chi connectivity index (χ0) is 19.1. The second-order valence-electron chi connectivity index (χ2n) is 5.76. The molecule has 0 aliphatic rings. The maximum Gasteiger partial charge on any atom is 0.187 e. The standard InChI is InChI=1S/C22H18BrNO3/c1-26-22-10-8-16(7-9-21(25)17-4-3-11-24-14-17)12-18(22)15-27-20-6-2-5-19(23)13-20/h2-14H,15H2,1H3/b9-7+. The number of allylic oxidation sites excluding steroid dienone is 1. The van der Waals surface area contributed by atoms with Gasteiger partial charge >= 0.3 is 0 Å². The van der Waals surface area contributed by atoms with Crippen LogP contribution in [0.1, 0.15) is 21.5 Å². The molecule has 2 aromatic carbocycles. The highest BCUT2D eigenvalue weighted by Crippen LogP contribution is 2.24. The Kier molecular flexibility index (Phi) is 6.39. The molecule has 4 nitrogen and oxygen atoms in total. The Morgan fingerprint density at radius 3 is 2.78 bits per heavy atom. The van der Waals surface area contributed by atoms with Crippen molar-refractivity contribution < 1.29 is 14.3 Å². The molecule has 0 fully saturated rings. The van der Waals surface area contributed by atoms with Crippen LogP contribution in [-0.4, -0.2) is 17.9 Å². The number of carbonyl (C=O) groups excluding carboxylic acids is 1. The van der Waals surface area contributed by atoms with Crippen LogP contribution >= 0.6 is 15.9 Å². The highest BCUT2D eigenvalue weighted by molar-refractivity contribution is 9.10. The van der Waals surface area contributed by atoms with Gasteiger partial charge in [0, 0.05) is 28.0 Å². The Morgan fingerprint density at radius 1 is 1.15 bits per heavy atom. The van der Waals surface area contributed by atoms with Crippen LogP contribution in [0.15, 0.2) is 77.5 Å². The summed E-state index contributed by atoms with van der Waals surface area (Å²) in [7, 11) is 1.62. The van der Waals surface area contributed by atoms with Crippen LogP contribution in [0, 0.1) is 0 Å². The Morgan fingerprint density at radius 2 is 2.04 bits per heavy atom. The molecule has 0 bridgehead atoms. The summed E-state index contributed by atoms with van der Waals surface area (Å²) in [5, 5.41) is 0. The van der Waals surface area contributed by atoms with Crippen molar-refractivity contribution in [2.75, 3.05) is 7.11 Å². The third-order valence-electron chi connectivity index (χ3n) is 3.87. The number of ether oxygens (including phenoxy) is 2. The van der Waals surface area contributed by atoms with E-state index in [0.29, 0.717) is 12.2 Å². The summed E-state index contributed by atoms with van der Waals surface area (Å²) in [6, 6.07) is 16.9. The Hall–Kier alpha value is -2.92. The van der Waals surface area contributed by atoms with Gasteiger partial charge in [0.15, 0.2) is 5.78 Å². The molecule has 1 heterocycles. The molecule has 0 N–H and O–H groups in total. The lowest BCUT2D eigenvalue weighted by Crippen LogP contribution is -1.99. The number of hydrogen-bond donors (Lipinski definition) is 0. The quantitative estimate of drug-likeness (QED) is 0.380. The van der Waals surface area contributed by atoms with E-state index in [2.05, 4.69) is 20.9 Å². The summed E-state index contributed by atoms with van der Waals surface area (Å²) in [6.45, 7) is 0.359. The van der Waals surface area contributed by atoms with Crippen molar-refractivity contribution in [2.45, 2.75) is 6.61 Å². The summed E-state index contributed by atoms with van der Waals surface area (Å²) >= 11 is 3.43. The molecule has 3 aromatic rings. The van der Waals surface area contributed by atoms with E-state index < -0.39 is 0 Å². The van der Waals surface area contributed by atoms with Crippen molar-refractivity contribution in [1.82, 2.24) is 4.98 Å². The van der Waals surface area contributed by atoms with Crippen molar-refractivity contribution in [2.24, 2.45) is 0 Å². The number of nitrogens with zero attached hydrogens (tertiary/aromatic N) is 1. The second kappa shape index (κ2) is 9.14. The second-order valence-corrected chi connectivity index (χ2v) is 6.67. The van der Waals surface area contributed by atoms with E-state index in [1.807, 2.05) is 42.5 Å². The average molecular weight is 424 g/mol. The molecule has 3 rings (SSSR count). The molecule has 0 saturated carbocycles. The molecular formula is C22H18BrNO3. The highest BCUT2D eigenvalue weighted by atomic mass is 79.9. The molecular weight excluding hydrogens is 406 g/mol. The first kappa shape index (κ1) is 18.9. The van der Waals surface area contributed by atoms with Gasteiger partial charge < -0.3 is 9.47 Å². The number of aromatic nitrogens is 1. The van der Waals surface area contributed by atoms with Crippen molar-refractivity contribution >= 4 is 27.8 Å².